The predicted molar refractivity (Wildman–Crippen MR) is 166 cm³/mol. The predicted octanol–water partition coefficient (Wildman–Crippen LogP) is 7.47. The topological polar surface area (TPSA) is 78.9 Å². The number of benzene rings is 4. The van der Waals surface area contributed by atoms with Crippen LogP contribution in [0.5, 0.6) is 17.2 Å². The molecule has 0 atom stereocenters. The van der Waals surface area contributed by atoms with Crippen molar-refractivity contribution < 1.29 is 28.6 Å². The summed E-state index contributed by atoms with van der Waals surface area (Å²) < 4.78 is 16.0. The number of rotatable bonds is 8. The Morgan fingerprint density at radius 1 is 0.605 bits per heavy atom. The SMILES string of the molecule is C=CC(=O)Oc1cc(C#Cc2ccc(-c3ccc(OC(=O)C(=C)C)cc3)cc2)ccc1-c1ccc(OC(=O)C(=C)C)cc1. The molecule has 0 radical (unpaired) electrons. The van der Waals surface area contributed by atoms with Crippen molar-refractivity contribution in [3.05, 3.63) is 139 Å². The van der Waals surface area contributed by atoms with Gasteiger partial charge in [0.2, 0.25) is 0 Å². The van der Waals surface area contributed by atoms with Gasteiger partial charge in [-0.1, -0.05) is 68.0 Å². The van der Waals surface area contributed by atoms with E-state index in [1.54, 1.807) is 56.3 Å². The maximum atomic E-state index is 12.1. The highest BCUT2D eigenvalue weighted by Crippen LogP contribution is 2.32. The molecule has 4 aromatic carbocycles. The second-order valence-electron chi connectivity index (χ2n) is 9.55. The highest BCUT2D eigenvalue weighted by atomic mass is 16.5. The van der Waals surface area contributed by atoms with E-state index in [-0.39, 0.29) is 0 Å². The lowest BCUT2D eigenvalue weighted by Crippen LogP contribution is -2.08. The van der Waals surface area contributed by atoms with Crippen LogP contribution in [0.1, 0.15) is 25.0 Å². The Hall–Kier alpha value is -5.93. The molecule has 0 aliphatic rings. The van der Waals surface area contributed by atoms with Gasteiger partial charge in [-0.2, -0.15) is 0 Å². The zero-order chi connectivity index (χ0) is 30.9. The first-order valence-electron chi connectivity index (χ1n) is 13.2. The van der Waals surface area contributed by atoms with Crippen molar-refractivity contribution in [1.82, 2.24) is 0 Å². The summed E-state index contributed by atoms with van der Waals surface area (Å²) in [6.07, 6.45) is 1.09. The molecule has 0 heterocycles. The largest absolute Gasteiger partial charge is 0.423 e. The first-order valence-corrected chi connectivity index (χ1v) is 13.2. The molecule has 0 saturated carbocycles. The fourth-order valence-electron chi connectivity index (χ4n) is 3.77. The molecule has 0 aliphatic heterocycles. The van der Waals surface area contributed by atoms with Gasteiger partial charge in [0.05, 0.1) is 0 Å². The maximum Gasteiger partial charge on any atom is 0.338 e. The zero-order valence-corrected chi connectivity index (χ0v) is 23.8. The minimum atomic E-state index is -0.601. The van der Waals surface area contributed by atoms with Crippen LogP contribution in [-0.2, 0) is 14.4 Å². The molecule has 0 N–H and O–H groups in total. The van der Waals surface area contributed by atoms with Crippen LogP contribution in [0.4, 0.5) is 0 Å². The number of hydrogen-bond acceptors (Lipinski definition) is 6. The van der Waals surface area contributed by atoms with E-state index in [2.05, 4.69) is 31.6 Å². The van der Waals surface area contributed by atoms with Crippen molar-refractivity contribution in [3.63, 3.8) is 0 Å². The quantitative estimate of drug-likeness (QED) is 0.0949. The Labute approximate surface area is 250 Å². The summed E-state index contributed by atoms with van der Waals surface area (Å²) in [6, 6.07) is 27.1. The molecule has 0 fully saturated rings. The summed E-state index contributed by atoms with van der Waals surface area (Å²) in [5, 5.41) is 0. The maximum absolute atomic E-state index is 12.1. The number of carbonyl (C=O) groups is 3. The molecule has 0 aliphatic carbocycles. The van der Waals surface area contributed by atoms with Gasteiger partial charge in [0.1, 0.15) is 17.2 Å². The molecule has 4 aromatic rings. The van der Waals surface area contributed by atoms with E-state index in [9.17, 15) is 14.4 Å². The highest BCUT2D eigenvalue weighted by molar-refractivity contribution is 5.89. The third kappa shape index (κ3) is 8.06. The normalized spacial score (nSPS) is 10.0. The molecule has 212 valence electrons. The van der Waals surface area contributed by atoms with Crippen molar-refractivity contribution in [2.24, 2.45) is 0 Å². The first-order chi connectivity index (χ1) is 20.6. The summed E-state index contributed by atoms with van der Waals surface area (Å²) in [4.78, 5) is 35.6. The minimum Gasteiger partial charge on any atom is -0.423 e. The number of carbonyl (C=O) groups excluding carboxylic acids is 3. The Morgan fingerprint density at radius 3 is 1.53 bits per heavy atom. The zero-order valence-electron chi connectivity index (χ0n) is 23.8. The van der Waals surface area contributed by atoms with Crippen molar-refractivity contribution in [2.75, 3.05) is 0 Å². The van der Waals surface area contributed by atoms with Crippen molar-refractivity contribution >= 4 is 17.9 Å². The number of esters is 3. The summed E-state index contributed by atoms with van der Waals surface area (Å²) in [5.74, 6) is 5.82. The van der Waals surface area contributed by atoms with Crippen LogP contribution in [0.25, 0.3) is 22.3 Å². The molecule has 0 amide bonds. The summed E-state index contributed by atoms with van der Waals surface area (Å²) in [5.41, 5.74) is 5.41. The summed E-state index contributed by atoms with van der Waals surface area (Å²) >= 11 is 0. The van der Waals surface area contributed by atoms with Gasteiger partial charge in [-0.05, 0) is 85.1 Å². The molecule has 4 rings (SSSR count). The second kappa shape index (κ2) is 13.6. The van der Waals surface area contributed by atoms with Crippen molar-refractivity contribution in [2.45, 2.75) is 13.8 Å². The average Bonchev–Trinajstić information content (AvgIpc) is 3.01. The summed E-state index contributed by atoms with van der Waals surface area (Å²) in [6.45, 7) is 13.8. The second-order valence-corrected chi connectivity index (χ2v) is 9.55. The van der Waals surface area contributed by atoms with Crippen LogP contribution >= 0.6 is 0 Å². The van der Waals surface area contributed by atoms with Crippen LogP contribution in [0.3, 0.4) is 0 Å². The number of ether oxygens (including phenoxy) is 3. The fourth-order valence-corrected chi connectivity index (χ4v) is 3.77. The van der Waals surface area contributed by atoms with Gasteiger partial charge < -0.3 is 14.2 Å². The monoisotopic (exact) mass is 568 g/mol. The lowest BCUT2D eigenvalue weighted by Gasteiger charge is -2.11. The van der Waals surface area contributed by atoms with Gasteiger partial charge in [-0.3, -0.25) is 0 Å². The van der Waals surface area contributed by atoms with Gasteiger partial charge in [0, 0.05) is 33.9 Å². The van der Waals surface area contributed by atoms with E-state index < -0.39 is 17.9 Å². The van der Waals surface area contributed by atoms with E-state index >= 15 is 0 Å². The molecule has 0 aromatic heterocycles. The van der Waals surface area contributed by atoms with E-state index in [0.717, 1.165) is 28.3 Å². The fraction of sp³-hybridized carbons (Fsp3) is 0.0541. The van der Waals surface area contributed by atoms with E-state index in [1.807, 2.05) is 48.5 Å². The molecule has 43 heavy (non-hydrogen) atoms. The molecule has 6 nitrogen and oxygen atoms in total. The van der Waals surface area contributed by atoms with Crippen LogP contribution in [-0.4, -0.2) is 17.9 Å². The standard InChI is InChI=1S/C37H28O6/c1-6-35(38)43-34-23-27(11-22-33(34)30-16-20-32(21-17-30)42-37(40)25(4)5)8-7-26-9-12-28(13-10-26)29-14-18-31(19-15-29)41-36(39)24(2)3/h6,9-23H,1-2,4H2,3,5H3. The third-order valence-electron chi connectivity index (χ3n) is 6.07. The molecule has 0 unspecified atom stereocenters. The van der Waals surface area contributed by atoms with Crippen LogP contribution < -0.4 is 14.2 Å². The van der Waals surface area contributed by atoms with Gasteiger partial charge >= 0.3 is 17.9 Å². The van der Waals surface area contributed by atoms with E-state index in [0.29, 0.717) is 39.5 Å². The van der Waals surface area contributed by atoms with Crippen molar-refractivity contribution in [1.29, 1.82) is 0 Å². The van der Waals surface area contributed by atoms with E-state index in [1.165, 1.54) is 0 Å². The smallest absolute Gasteiger partial charge is 0.338 e. The number of hydrogen-bond donors (Lipinski definition) is 0. The van der Waals surface area contributed by atoms with Gasteiger partial charge in [-0.25, -0.2) is 14.4 Å². The molecule has 0 saturated heterocycles. The molecular weight excluding hydrogens is 540 g/mol. The lowest BCUT2D eigenvalue weighted by molar-refractivity contribution is -0.130. The van der Waals surface area contributed by atoms with Gasteiger partial charge in [-0.15, -0.1) is 0 Å². The Balaban J connectivity index is 1.52. The lowest BCUT2D eigenvalue weighted by atomic mass is 10.0. The molecule has 6 heteroatoms. The average molecular weight is 569 g/mol. The molecule has 0 spiro atoms. The van der Waals surface area contributed by atoms with Gasteiger partial charge in [0.15, 0.2) is 0 Å². The first kappa shape index (κ1) is 30.0. The van der Waals surface area contributed by atoms with E-state index in [4.69, 9.17) is 14.2 Å². The third-order valence-corrected chi connectivity index (χ3v) is 6.07. The Bertz CT molecular complexity index is 1780. The Morgan fingerprint density at radius 2 is 1.05 bits per heavy atom. The van der Waals surface area contributed by atoms with Crippen LogP contribution in [0, 0.1) is 11.8 Å². The minimum absolute atomic E-state index is 0.297. The molecular formula is C37H28O6. The van der Waals surface area contributed by atoms with Crippen LogP contribution in [0.15, 0.2) is 128 Å². The van der Waals surface area contributed by atoms with Gasteiger partial charge in [0.25, 0.3) is 0 Å². The Kier molecular flexibility index (Phi) is 9.52. The van der Waals surface area contributed by atoms with Crippen molar-refractivity contribution in [3.8, 4) is 51.3 Å². The van der Waals surface area contributed by atoms with Crippen LogP contribution in [0.2, 0.25) is 0 Å². The molecule has 0 bridgehead atoms. The highest BCUT2D eigenvalue weighted by Gasteiger charge is 2.12. The summed E-state index contributed by atoms with van der Waals surface area (Å²) in [7, 11) is 0.